The van der Waals surface area contributed by atoms with Crippen LogP contribution in [-0.4, -0.2) is 32.6 Å². The third-order valence-electron chi connectivity index (χ3n) is 3.03. The minimum atomic E-state index is -4.93. The van der Waals surface area contributed by atoms with Crippen LogP contribution in [0.2, 0.25) is 0 Å². The van der Waals surface area contributed by atoms with Crippen molar-refractivity contribution in [3.63, 3.8) is 0 Å². The molecule has 2 rings (SSSR count). The molecule has 0 radical (unpaired) electrons. The first-order valence-electron chi connectivity index (χ1n) is 6.30. The second-order valence-corrected chi connectivity index (χ2v) is 5.41. The highest BCUT2D eigenvalue weighted by Crippen LogP contribution is 2.37. The van der Waals surface area contributed by atoms with Gasteiger partial charge in [0.1, 0.15) is 0 Å². The molecule has 1 saturated heterocycles. The molecule has 0 unspecified atom stereocenters. The van der Waals surface area contributed by atoms with Gasteiger partial charge in [-0.2, -0.15) is 30.7 Å². The predicted molar refractivity (Wildman–Crippen MR) is 62.2 cm³/mol. The van der Waals surface area contributed by atoms with Crippen molar-refractivity contribution < 1.29 is 44.9 Å². The van der Waals surface area contributed by atoms with Crippen LogP contribution < -0.4 is 9.47 Å². The molecule has 3 nitrogen and oxygen atoms in total. The highest BCUT2D eigenvalue weighted by atomic mass is 19.4. The molecule has 23 heavy (non-hydrogen) atoms. The normalized spacial score (nSPS) is 16.9. The maximum Gasteiger partial charge on any atom is 0.422 e. The van der Waals surface area contributed by atoms with E-state index in [2.05, 4.69) is 4.74 Å². The van der Waals surface area contributed by atoms with Crippen molar-refractivity contribution in [3.8, 4) is 11.5 Å². The Morgan fingerprint density at radius 3 is 1.70 bits per heavy atom. The van der Waals surface area contributed by atoms with Crippen molar-refractivity contribution in [1.29, 1.82) is 0 Å². The van der Waals surface area contributed by atoms with Crippen LogP contribution in [0.15, 0.2) is 0 Å². The molecule has 0 amide bonds. The number of rotatable bonds is 5. The lowest BCUT2D eigenvalue weighted by atomic mass is 9.90. The van der Waals surface area contributed by atoms with E-state index in [-0.39, 0.29) is 19.8 Å². The lowest BCUT2D eigenvalue weighted by molar-refractivity contribution is -0.154. The van der Waals surface area contributed by atoms with Crippen molar-refractivity contribution in [2.75, 3.05) is 26.4 Å². The Hall–Kier alpha value is -1.71. The van der Waals surface area contributed by atoms with Crippen LogP contribution in [0.5, 0.6) is 11.5 Å². The smallest absolute Gasteiger partial charge is 0.422 e. The summed E-state index contributed by atoms with van der Waals surface area (Å²) in [6, 6.07) is 0. The molecule has 1 aliphatic rings. The lowest BCUT2D eigenvalue weighted by Gasteiger charge is -2.37. The zero-order chi connectivity index (χ0) is 17.4. The first-order valence-corrected chi connectivity index (χ1v) is 6.30. The number of halogens is 7. The molecule has 1 fully saturated rings. The first kappa shape index (κ1) is 17.6. The molecule has 0 aliphatic carbocycles. The van der Waals surface area contributed by atoms with Gasteiger partial charge in [0.05, 0.1) is 19.8 Å². The fourth-order valence-corrected chi connectivity index (χ4v) is 1.78. The van der Waals surface area contributed by atoms with Gasteiger partial charge >= 0.3 is 6.18 Å². The zero-order valence-electron chi connectivity index (χ0n) is 11.7. The van der Waals surface area contributed by atoms with Gasteiger partial charge in [0.25, 0.3) is 0 Å². The van der Waals surface area contributed by atoms with Gasteiger partial charge in [-0.3, -0.25) is 0 Å². The van der Waals surface area contributed by atoms with Gasteiger partial charge in [-0.05, 0) is 0 Å². The molecule has 1 aromatic rings. The van der Waals surface area contributed by atoms with Crippen LogP contribution in [0, 0.1) is 28.7 Å². The summed E-state index contributed by atoms with van der Waals surface area (Å²) in [6.07, 6.45) is -4.93. The van der Waals surface area contributed by atoms with E-state index in [1.807, 2.05) is 0 Å². The van der Waals surface area contributed by atoms with Gasteiger partial charge in [-0.1, -0.05) is 6.92 Å². The fraction of sp³-hybridized carbons (Fsp3) is 0.538. The van der Waals surface area contributed by atoms with E-state index in [4.69, 9.17) is 9.47 Å². The zero-order valence-corrected chi connectivity index (χ0v) is 11.7. The van der Waals surface area contributed by atoms with Crippen LogP contribution >= 0.6 is 0 Å². The third-order valence-corrected chi connectivity index (χ3v) is 3.03. The second kappa shape index (κ2) is 6.06. The molecule has 0 aromatic heterocycles. The van der Waals surface area contributed by atoms with E-state index in [0.29, 0.717) is 0 Å². The van der Waals surface area contributed by atoms with Gasteiger partial charge in [0.15, 0.2) is 18.1 Å². The minimum absolute atomic E-state index is 0.230. The highest BCUT2D eigenvalue weighted by molar-refractivity contribution is 5.38. The number of hydrogen-bond acceptors (Lipinski definition) is 3. The van der Waals surface area contributed by atoms with E-state index in [9.17, 15) is 30.7 Å². The van der Waals surface area contributed by atoms with Crippen LogP contribution in [0.4, 0.5) is 30.7 Å². The molecule has 0 atom stereocenters. The number of benzene rings is 1. The Labute approximate surface area is 125 Å². The SMILES string of the molecule is CC1(COc2c(F)c(F)c(OCC(F)(F)F)c(F)c2F)COC1. The van der Waals surface area contributed by atoms with Crippen molar-refractivity contribution in [3.05, 3.63) is 23.3 Å². The molecule has 0 N–H and O–H groups in total. The average molecular weight is 348 g/mol. The summed E-state index contributed by atoms with van der Waals surface area (Å²) in [7, 11) is 0. The molecule has 0 saturated carbocycles. The van der Waals surface area contributed by atoms with E-state index < -0.39 is 53.0 Å². The molecular weight excluding hydrogens is 337 g/mol. The Morgan fingerprint density at radius 1 is 0.913 bits per heavy atom. The summed E-state index contributed by atoms with van der Waals surface area (Å²) in [5.74, 6) is -11.3. The number of ether oxygens (including phenoxy) is 3. The maximum atomic E-state index is 13.7. The molecule has 10 heteroatoms. The quantitative estimate of drug-likeness (QED) is 0.601. The second-order valence-electron chi connectivity index (χ2n) is 5.41. The summed E-state index contributed by atoms with van der Waals surface area (Å²) in [4.78, 5) is 0. The Balaban J connectivity index is 2.24. The van der Waals surface area contributed by atoms with E-state index in [1.54, 1.807) is 6.92 Å². The summed E-state index contributed by atoms with van der Waals surface area (Å²) < 4.78 is 104. The van der Waals surface area contributed by atoms with Crippen molar-refractivity contribution in [2.45, 2.75) is 13.1 Å². The van der Waals surface area contributed by atoms with Crippen molar-refractivity contribution in [1.82, 2.24) is 0 Å². The summed E-state index contributed by atoms with van der Waals surface area (Å²) in [5.41, 5.74) is -0.572. The first-order chi connectivity index (χ1) is 10.5. The molecule has 130 valence electrons. The monoisotopic (exact) mass is 348 g/mol. The maximum absolute atomic E-state index is 13.7. The number of hydrogen-bond donors (Lipinski definition) is 0. The van der Waals surface area contributed by atoms with Crippen LogP contribution in [0.25, 0.3) is 0 Å². The Bertz CT molecular complexity index is 567. The minimum Gasteiger partial charge on any atom is -0.487 e. The van der Waals surface area contributed by atoms with Gasteiger partial charge in [0, 0.05) is 5.41 Å². The van der Waals surface area contributed by atoms with Crippen LogP contribution in [-0.2, 0) is 4.74 Å². The Morgan fingerprint density at radius 2 is 1.35 bits per heavy atom. The van der Waals surface area contributed by atoms with E-state index >= 15 is 0 Å². The summed E-state index contributed by atoms with van der Waals surface area (Å²) >= 11 is 0. The van der Waals surface area contributed by atoms with E-state index in [0.717, 1.165) is 0 Å². The molecule has 0 spiro atoms. The van der Waals surface area contributed by atoms with Gasteiger partial charge < -0.3 is 14.2 Å². The molecular formula is C13H11F7O3. The topological polar surface area (TPSA) is 27.7 Å². The molecule has 0 bridgehead atoms. The predicted octanol–water partition coefficient (Wildman–Crippen LogP) is 3.60. The fourth-order valence-electron chi connectivity index (χ4n) is 1.78. The lowest BCUT2D eigenvalue weighted by Crippen LogP contribution is -2.44. The highest BCUT2D eigenvalue weighted by Gasteiger charge is 2.37. The molecule has 1 aromatic carbocycles. The standard InChI is InChI=1S/C13H11F7O3/c1-12(2-21-3-12)4-22-10-6(14)8(16)11(9(17)7(10)15)23-5-13(18,19)20/h2-5H2,1H3. The van der Waals surface area contributed by atoms with Crippen LogP contribution in [0.3, 0.4) is 0 Å². The van der Waals surface area contributed by atoms with E-state index in [1.165, 1.54) is 0 Å². The summed E-state index contributed by atoms with van der Waals surface area (Å²) in [5, 5.41) is 0. The third kappa shape index (κ3) is 3.80. The Kier molecular flexibility index (Phi) is 4.65. The molecule has 1 aliphatic heterocycles. The van der Waals surface area contributed by atoms with Crippen molar-refractivity contribution in [2.24, 2.45) is 5.41 Å². The largest absolute Gasteiger partial charge is 0.487 e. The summed E-state index contributed by atoms with van der Waals surface area (Å²) in [6.45, 7) is -0.278. The van der Waals surface area contributed by atoms with Crippen molar-refractivity contribution >= 4 is 0 Å². The van der Waals surface area contributed by atoms with Gasteiger partial charge in [-0.25, -0.2) is 0 Å². The molecule has 1 heterocycles. The van der Waals surface area contributed by atoms with Gasteiger partial charge in [-0.15, -0.1) is 0 Å². The number of alkyl halides is 3. The van der Waals surface area contributed by atoms with Crippen LogP contribution in [0.1, 0.15) is 6.92 Å². The van der Waals surface area contributed by atoms with Gasteiger partial charge in [0.2, 0.25) is 23.3 Å². The average Bonchev–Trinajstić information content (AvgIpc) is 2.42.